The van der Waals surface area contributed by atoms with Gasteiger partial charge < -0.3 is 24.4 Å². The molecule has 1 saturated carbocycles. The summed E-state index contributed by atoms with van der Waals surface area (Å²) in [6, 6.07) is 3.97. The van der Waals surface area contributed by atoms with E-state index < -0.39 is 23.8 Å². The van der Waals surface area contributed by atoms with Gasteiger partial charge in [0.2, 0.25) is 0 Å². The van der Waals surface area contributed by atoms with E-state index in [0.29, 0.717) is 12.0 Å². The van der Waals surface area contributed by atoms with E-state index in [0.717, 1.165) is 19.3 Å². The Morgan fingerprint density at radius 1 is 1.31 bits per heavy atom. The summed E-state index contributed by atoms with van der Waals surface area (Å²) in [6.07, 6.45) is 1.76. The Bertz CT molecular complexity index is 659. The lowest BCUT2D eigenvalue weighted by molar-refractivity contribution is -0.171. The van der Waals surface area contributed by atoms with Gasteiger partial charge in [-0.2, -0.15) is 0 Å². The van der Waals surface area contributed by atoms with E-state index in [9.17, 15) is 19.8 Å². The second kappa shape index (κ2) is 8.27. The molecule has 1 aromatic rings. The molecule has 1 fully saturated rings. The van der Waals surface area contributed by atoms with Gasteiger partial charge in [-0.15, -0.1) is 0 Å². The maximum atomic E-state index is 12.5. The van der Waals surface area contributed by atoms with Crippen molar-refractivity contribution in [2.45, 2.75) is 57.3 Å². The minimum absolute atomic E-state index is 0.117. The largest absolute Gasteiger partial charge is 0.510 e. The normalized spacial score (nSPS) is 17.5. The van der Waals surface area contributed by atoms with Gasteiger partial charge in [-0.1, -0.05) is 19.9 Å². The van der Waals surface area contributed by atoms with E-state index in [2.05, 4.69) is 0 Å². The summed E-state index contributed by atoms with van der Waals surface area (Å²) in [5, 5.41) is 19.1. The Balaban J connectivity index is 2.23. The Morgan fingerprint density at radius 3 is 2.54 bits per heavy atom. The van der Waals surface area contributed by atoms with Gasteiger partial charge in [0.15, 0.2) is 11.5 Å². The summed E-state index contributed by atoms with van der Waals surface area (Å²) in [4.78, 5) is 24.6. The molecule has 1 aromatic carbocycles. The van der Waals surface area contributed by atoms with Crippen LogP contribution < -0.4 is 5.73 Å². The number of carbonyl (C=O) groups is 2. The van der Waals surface area contributed by atoms with E-state index in [1.807, 2.05) is 6.92 Å². The molecule has 1 aliphatic rings. The second-order valence-corrected chi connectivity index (χ2v) is 6.42. The van der Waals surface area contributed by atoms with Crippen LogP contribution in [0.15, 0.2) is 18.2 Å². The average Bonchev–Trinajstić information content (AvgIpc) is 2.57. The van der Waals surface area contributed by atoms with Crippen LogP contribution in [0.2, 0.25) is 0 Å². The zero-order valence-corrected chi connectivity index (χ0v) is 14.9. The Hall–Kier alpha value is -2.48. The molecular formula is C18H25NO7. The predicted molar refractivity (Wildman–Crippen MR) is 91.6 cm³/mol. The van der Waals surface area contributed by atoms with Crippen LogP contribution in [0.4, 0.5) is 4.79 Å². The Kier molecular flexibility index (Phi) is 6.31. The maximum Gasteiger partial charge on any atom is 0.510 e. The van der Waals surface area contributed by atoms with Crippen molar-refractivity contribution in [3.8, 4) is 11.5 Å². The highest BCUT2D eigenvalue weighted by molar-refractivity contribution is 5.83. The fraction of sp³-hybridized carbons (Fsp3) is 0.556. The third-order valence-corrected chi connectivity index (χ3v) is 4.47. The first kappa shape index (κ1) is 19.8. The van der Waals surface area contributed by atoms with Crippen molar-refractivity contribution in [3.05, 3.63) is 23.8 Å². The van der Waals surface area contributed by atoms with Gasteiger partial charge in [-0.3, -0.25) is 5.73 Å². The number of esters is 1. The summed E-state index contributed by atoms with van der Waals surface area (Å²) in [5.41, 5.74) is 4.38. The Labute approximate surface area is 151 Å². The monoisotopic (exact) mass is 367 g/mol. The molecule has 1 unspecified atom stereocenters. The van der Waals surface area contributed by atoms with Gasteiger partial charge >= 0.3 is 12.1 Å². The number of nitrogens with two attached hydrogens (primary N) is 1. The molecule has 0 saturated heterocycles. The number of hydrogen-bond donors (Lipinski definition) is 3. The zero-order valence-electron chi connectivity index (χ0n) is 14.9. The molecule has 8 heteroatoms. The van der Waals surface area contributed by atoms with Crippen LogP contribution in [0, 0.1) is 0 Å². The van der Waals surface area contributed by atoms with Crippen molar-refractivity contribution in [2.24, 2.45) is 5.73 Å². The fourth-order valence-corrected chi connectivity index (χ4v) is 2.46. The smallest absolute Gasteiger partial charge is 0.504 e. The number of phenolic OH excluding ortho intramolecular Hbond substituents is 2. The van der Waals surface area contributed by atoms with Crippen molar-refractivity contribution in [1.29, 1.82) is 0 Å². The fourth-order valence-electron chi connectivity index (χ4n) is 2.46. The van der Waals surface area contributed by atoms with Crippen LogP contribution >= 0.6 is 0 Å². The molecule has 0 spiro atoms. The highest BCUT2D eigenvalue weighted by Crippen LogP contribution is 2.34. The van der Waals surface area contributed by atoms with E-state index >= 15 is 0 Å². The molecule has 4 N–H and O–H groups in total. The summed E-state index contributed by atoms with van der Waals surface area (Å²) in [5.74, 6) is -2.48. The van der Waals surface area contributed by atoms with Crippen molar-refractivity contribution in [3.63, 3.8) is 0 Å². The van der Waals surface area contributed by atoms with Crippen LogP contribution in [0.25, 0.3) is 0 Å². The van der Waals surface area contributed by atoms with E-state index in [4.69, 9.17) is 19.9 Å². The predicted octanol–water partition coefficient (Wildman–Crippen LogP) is 2.52. The van der Waals surface area contributed by atoms with Crippen molar-refractivity contribution in [2.75, 3.05) is 6.61 Å². The second-order valence-electron chi connectivity index (χ2n) is 6.42. The van der Waals surface area contributed by atoms with Crippen LogP contribution in [0.3, 0.4) is 0 Å². The molecule has 2 atom stereocenters. The first-order valence-electron chi connectivity index (χ1n) is 8.65. The van der Waals surface area contributed by atoms with Crippen molar-refractivity contribution >= 4 is 12.1 Å². The zero-order chi connectivity index (χ0) is 19.3. The molecule has 2 rings (SSSR count). The molecule has 1 aliphatic carbocycles. The molecule has 0 radical (unpaired) electrons. The standard InChI is InChI=1S/C18H25NO7/c1-3-9-24-16(22)18(19,26-17(23)25-13-5-4-6-13)11(2)12-7-8-14(20)15(21)10-12/h7-8,10-11,13,20-21H,3-6,9,19H2,1-2H3/t11?,18-/m0/s1. The van der Waals surface area contributed by atoms with Gasteiger partial charge in [0.25, 0.3) is 5.72 Å². The molecule has 0 amide bonds. The lowest BCUT2D eigenvalue weighted by Gasteiger charge is -2.33. The molecule has 0 aromatic heterocycles. The first-order chi connectivity index (χ1) is 12.3. The van der Waals surface area contributed by atoms with Gasteiger partial charge in [-0.25, -0.2) is 9.59 Å². The van der Waals surface area contributed by atoms with E-state index in [-0.39, 0.29) is 24.2 Å². The minimum Gasteiger partial charge on any atom is -0.504 e. The third kappa shape index (κ3) is 4.37. The number of carbonyl (C=O) groups excluding carboxylic acids is 2. The van der Waals surface area contributed by atoms with Crippen molar-refractivity contribution in [1.82, 2.24) is 0 Å². The molecule has 144 valence electrons. The highest BCUT2D eigenvalue weighted by atomic mass is 16.7. The number of ether oxygens (including phenoxy) is 3. The first-order valence-corrected chi connectivity index (χ1v) is 8.65. The summed E-state index contributed by atoms with van der Waals surface area (Å²) < 4.78 is 15.4. The summed E-state index contributed by atoms with van der Waals surface area (Å²) >= 11 is 0. The number of aromatic hydroxyl groups is 2. The average molecular weight is 367 g/mol. The van der Waals surface area contributed by atoms with Crippen LogP contribution in [0.5, 0.6) is 11.5 Å². The summed E-state index contributed by atoms with van der Waals surface area (Å²) in [6.45, 7) is 3.49. The molecule has 0 bridgehead atoms. The number of phenols is 2. The maximum absolute atomic E-state index is 12.5. The summed E-state index contributed by atoms with van der Waals surface area (Å²) in [7, 11) is 0. The molecule has 0 aliphatic heterocycles. The number of rotatable bonds is 7. The van der Waals surface area contributed by atoms with Crippen molar-refractivity contribution < 1.29 is 34.0 Å². The molecule has 0 heterocycles. The van der Waals surface area contributed by atoms with Crippen LogP contribution in [-0.2, 0) is 19.0 Å². The lowest BCUT2D eigenvalue weighted by atomic mass is 9.90. The number of hydrogen-bond acceptors (Lipinski definition) is 8. The third-order valence-electron chi connectivity index (χ3n) is 4.47. The van der Waals surface area contributed by atoms with E-state index in [1.54, 1.807) is 6.92 Å². The Morgan fingerprint density at radius 2 is 2.00 bits per heavy atom. The van der Waals surface area contributed by atoms with Gasteiger partial charge in [0, 0.05) is 5.92 Å². The lowest BCUT2D eigenvalue weighted by Crippen LogP contribution is -2.56. The SMILES string of the molecule is CCCOC(=O)[C@@](N)(OC(=O)OC1CCC1)C(C)c1ccc(O)c(O)c1. The van der Waals surface area contributed by atoms with E-state index in [1.165, 1.54) is 18.2 Å². The highest BCUT2D eigenvalue weighted by Gasteiger charge is 2.47. The quantitative estimate of drug-likeness (QED) is 0.381. The minimum atomic E-state index is -2.14. The molecular weight excluding hydrogens is 342 g/mol. The molecule has 8 nitrogen and oxygen atoms in total. The molecule has 26 heavy (non-hydrogen) atoms. The van der Waals surface area contributed by atoms with Crippen LogP contribution in [0.1, 0.15) is 51.0 Å². The number of benzene rings is 1. The van der Waals surface area contributed by atoms with Gasteiger partial charge in [0.05, 0.1) is 6.61 Å². The van der Waals surface area contributed by atoms with Crippen LogP contribution in [-0.4, -0.2) is 40.8 Å². The van der Waals surface area contributed by atoms with Gasteiger partial charge in [-0.05, 0) is 43.4 Å². The topological polar surface area (TPSA) is 128 Å². The van der Waals surface area contributed by atoms with Gasteiger partial charge in [0.1, 0.15) is 6.10 Å².